The number of carbonyl (C=O) groups is 1. The van der Waals surface area contributed by atoms with Gasteiger partial charge in [-0.15, -0.1) is 0 Å². The predicted octanol–water partition coefficient (Wildman–Crippen LogP) is 3.56. The van der Waals surface area contributed by atoms with Crippen molar-refractivity contribution in [3.8, 4) is 0 Å². The van der Waals surface area contributed by atoms with Crippen LogP contribution in [0.2, 0.25) is 5.02 Å². The number of carbonyl (C=O) groups excluding carboxylic acids is 1. The van der Waals surface area contributed by atoms with Gasteiger partial charge in [0.05, 0.1) is 0 Å². The van der Waals surface area contributed by atoms with Crippen LogP contribution in [0.25, 0.3) is 0 Å². The van der Waals surface area contributed by atoms with E-state index < -0.39 is 0 Å². The molecule has 1 aliphatic heterocycles. The van der Waals surface area contributed by atoms with E-state index in [1.807, 2.05) is 13.0 Å². The summed E-state index contributed by atoms with van der Waals surface area (Å²) in [7, 11) is 0. The van der Waals surface area contributed by atoms with Gasteiger partial charge >= 0.3 is 6.03 Å². The minimum absolute atomic E-state index is 0.205. The van der Waals surface area contributed by atoms with Crippen LogP contribution < -0.4 is 5.32 Å². The van der Waals surface area contributed by atoms with Crippen LogP contribution in [0.4, 0.5) is 4.79 Å². The van der Waals surface area contributed by atoms with Gasteiger partial charge in [-0.25, -0.2) is 4.79 Å². The first kappa shape index (κ1) is 13.4. The molecular formula is C12H13BrClN3O. The molecule has 0 radical (unpaired) electrons. The molecular weight excluding hydrogens is 318 g/mol. The summed E-state index contributed by atoms with van der Waals surface area (Å²) >= 11 is 9.34. The largest absolute Gasteiger partial charge is 0.323 e. The zero-order valence-electron chi connectivity index (χ0n) is 9.84. The fourth-order valence-electron chi connectivity index (χ4n) is 2.05. The van der Waals surface area contributed by atoms with Crippen LogP contribution in [0, 0.1) is 5.41 Å². The maximum atomic E-state index is 11.8. The van der Waals surface area contributed by atoms with Gasteiger partial charge in [0.25, 0.3) is 0 Å². The highest BCUT2D eigenvalue weighted by Crippen LogP contribution is 2.33. The summed E-state index contributed by atoms with van der Waals surface area (Å²) in [6.45, 7) is 2.62. The van der Waals surface area contributed by atoms with Gasteiger partial charge in [-0.3, -0.25) is 10.7 Å². The van der Waals surface area contributed by atoms with Crippen molar-refractivity contribution >= 4 is 39.4 Å². The van der Waals surface area contributed by atoms with Crippen LogP contribution in [0.3, 0.4) is 0 Å². The lowest BCUT2D eigenvalue weighted by Gasteiger charge is -2.23. The Balaban J connectivity index is 2.40. The molecule has 1 aromatic rings. The number of rotatable bonds is 3. The van der Waals surface area contributed by atoms with Crippen LogP contribution in [-0.2, 0) is 0 Å². The fourth-order valence-corrected chi connectivity index (χ4v) is 2.95. The Kier molecular flexibility index (Phi) is 3.92. The third-order valence-corrected chi connectivity index (χ3v) is 3.73. The van der Waals surface area contributed by atoms with E-state index in [9.17, 15) is 4.79 Å². The maximum Gasteiger partial charge on any atom is 0.323 e. The Morgan fingerprint density at radius 1 is 1.56 bits per heavy atom. The molecule has 0 aliphatic carbocycles. The van der Waals surface area contributed by atoms with Crippen molar-refractivity contribution in [1.82, 2.24) is 10.2 Å². The molecule has 1 aliphatic rings. The van der Waals surface area contributed by atoms with Crippen molar-refractivity contribution in [1.29, 1.82) is 5.41 Å². The van der Waals surface area contributed by atoms with E-state index in [4.69, 9.17) is 17.0 Å². The second-order valence-corrected chi connectivity index (χ2v) is 5.40. The van der Waals surface area contributed by atoms with Gasteiger partial charge in [0.1, 0.15) is 11.9 Å². The fraction of sp³-hybridized carbons (Fsp3) is 0.333. The summed E-state index contributed by atoms with van der Waals surface area (Å²) in [5.74, 6) is 0.205. The molecule has 0 aromatic heterocycles. The van der Waals surface area contributed by atoms with Gasteiger partial charge in [-0.05, 0) is 24.1 Å². The highest BCUT2D eigenvalue weighted by Gasteiger charge is 2.37. The molecule has 1 saturated heterocycles. The molecule has 6 heteroatoms. The van der Waals surface area contributed by atoms with E-state index in [0.29, 0.717) is 11.6 Å². The van der Waals surface area contributed by atoms with Crippen LogP contribution in [-0.4, -0.2) is 23.3 Å². The van der Waals surface area contributed by atoms with Crippen LogP contribution >= 0.6 is 27.5 Å². The van der Waals surface area contributed by atoms with Crippen molar-refractivity contribution in [2.24, 2.45) is 0 Å². The molecule has 1 unspecified atom stereocenters. The number of nitrogens with zero attached hydrogens (tertiary/aromatic N) is 1. The first-order valence-electron chi connectivity index (χ1n) is 5.65. The predicted molar refractivity (Wildman–Crippen MR) is 75.1 cm³/mol. The number of benzene rings is 1. The number of halogens is 2. The molecule has 4 nitrogen and oxygen atoms in total. The van der Waals surface area contributed by atoms with Gasteiger partial charge in [-0.1, -0.05) is 40.5 Å². The average Bonchev–Trinajstić information content (AvgIpc) is 2.56. The SMILES string of the molecule is CCCN1C(=O)NC(=N)C1c1ccc(Cl)cc1Br. The molecule has 1 atom stereocenters. The first-order valence-corrected chi connectivity index (χ1v) is 6.82. The molecule has 2 N–H and O–H groups in total. The maximum absolute atomic E-state index is 11.8. The lowest BCUT2D eigenvalue weighted by atomic mass is 10.1. The molecule has 2 rings (SSSR count). The summed E-state index contributed by atoms with van der Waals surface area (Å²) in [5, 5.41) is 11.1. The normalized spacial score (nSPS) is 19.3. The Hall–Kier alpha value is -1.07. The van der Waals surface area contributed by atoms with Crippen molar-refractivity contribution in [3.63, 3.8) is 0 Å². The van der Waals surface area contributed by atoms with Crippen LogP contribution in [0.15, 0.2) is 22.7 Å². The van der Waals surface area contributed by atoms with Gasteiger partial charge in [0.2, 0.25) is 0 Å². The number of hydrogen-bond donors (Lipinski definition) is 2. The van der Waals surface area contributed by atoms with E-state index in [1.54, 1.807) is 17.0 Å². The summed E-state index contributed by atoms with van der Waals surface area (Å²) < 4.78 is 0.808. The monoisotopic (exact) mass is 329 g/mol. The minimum Gasteiger partial charge on any atom is -0.310 e. The second-order valence-electron chi connectivity index (χ2n) is 4.11. The summed E-state index contributed by atoms with van der Waals surface area (Å²) in [4.78, 5) is 13.4. The van der Waals surface area contributed by atoms with Crippen molar-refractivity contribution in [2.45, 2.75) is 19.4 Å². The highest BCUT2D eigenvalue weighted by molar-refractivity contribution is 9.10. The Morgan fingerprint density at radius 2 is 2.28 bits per heavy atom. The third-order valence-electron chi connectivity index (χ3n) is 2.81. The quantitative estimate of drug-likeness (QED) is 0.875. The number of nitrogens with one attached hydrogen (secondary N) is 2. The molecule has 2 amide bonds. The average molecular weight is 331 g/mol. The second kappa shape index (κ2) is 5.28. The van der Waals surface area contributed by atoms with E-state index in [2.05, 4.69) is 21.2 Å². The number of urea groups is 1. The molecule has 0 bridgehead atoms. The molecule has 0 saturated carbocycles. The van der Waals surface area contributed by atoms with Crippen LogP contribution in [0.5, 0.6) is 0 Å². The van der Waals surface area contributed by atoms with E-state index in [0.717, 1.165) is 16.5 Å². The highest BCUT2D eigenvalue weighted by atomic mass is 79.9. The summed E-state index contributed by atoms with van der Waals surface area (Å²) in [6.07, 6.45) is 0.850. The number of amides is 2. The van der Waals surface area contributed by atoms with Crippen molar-refractivity contribution in [2.75, 3.05) is 6.54 Å². The summed E-state index contributed by atoms with van der Waals surface area (Å²) in [6, 6.07) is 4.81. The van der Waals surface area contributed by atoms with E-state index in [1.165, 1.54) is 0 Å². The number of hydrogen-bond acceptors (Lipinski definition) is 2. The zero-order chi connectivity index (χ0) is 13.3. The number of amidine groups is 1. The standard InChI is InChI=1S/C12H13BrClN3O/c1-2-5-17-10(11(15)16-12(17)18)8-4-3-7(14)6-9(8)13/h3-4,6,10H,2,5H2,1H3,(H2,15,16,18). The third kappa shape index (κ3) is 2.37. The van der Waals surface area contributed by atoms with Gasteiger partial charge < -0.3 is 4.90 Å². The topological polar surface area (TPSA) is 56.2 Å². The zero-order valence-corrected chi connectivity index (χ0v) is 12.2. The van der Waals surface area contributed by atoms with E-state index in [-0.39, 0.29) is 17.9 Å². The van der Waals surface area contributed by atoms with E-state index >= 15 is 0 Å². The Bertz CT molecular complexity index is 506. The molecule has 1 aromatic carbocycles. The first-order chi connectivity index (χ1) is 8.54. The molecule has 0 spiro atoms. The van der Waals surface area contributed by atoms with Gasteiger partial charge in [0.15, 0.2) is 0 Å². The Labute approximate surface area is 119 Å². The summed E-state index contributed by atoms with van der Waals surface area (Å²) in [5.41, 5.74) is 0.871. The lowest BCUT2D eigenvalue weighted by molar-refractivity contribution is 0.205. The van der Waals surface area contributed by atoms with Gasteiger partial charge in [-0.2, -0.15) is 0 Å². The lowest BCUT2D eigenvalue weighted by Crippen LogP contribution is -2.30. The van der Waals surface area contributed by atoms with Crippen molar-refractivity contribution < 1.29 is 4.79 Å². The van der Waals surface area contributed by atoms with Gasteiger partial charge in [0, 0.05) is 16.0 Å². The van der Waals surface area contributed by atoms with Crippen molar-refractivity contribution in [3.05, 3.63) is 33.3 Å². The smallest absolute Gasteiger partial charge is 0.310 e. The molecule has 1 fully saturated rings. The minimum atomic E-state index is -0.357. The van der Waals surface area contributed by atoms with Crippen LogP contribution in [0.1, 0.15) is 24.9 Å². The Morgan fingerprint density at radius 3 is 2.89 bits per heavy atom. The molecule has 18 heavy (non-hydrogen) atoms. The molecule has 96 valence electrons. The molecule has 1 heterocycles.